The molecular weight excluding hydrogens is 388 g/mol. The predicted octanol–water partition coefficient (Wildman–Crippen LogP) is 0.574. The highest BCUT2D eigenvalue weighted by atomic mass is 32.2. The lowest BCUT2D eigenvalue weighted by atomic mass is 9.95. The van der Waals surface area contributed by atoms with Gasteiger partial charge in [0.05, 0.1) is 40.3 Å². The fourth-order valence-corrected chi connectivity index (χ4v) is 5.70. The Morgan fingerprint density at radius 2 is 2.04 bits per heavy atom. The van der Waals surface area contributed by atoms with Crippen molar-refractivity contribution in [3.05, 3.63) is 51.2 Å². The Bertz CT molecular complexity index is 1030. The van der Waals surface area contributed by atoms with Crippen LogP contribution >= 0.6 is 0 Å². The Hall–Kier alpha value is -2.95. The molecule has 0 saturated carbocycles. The molecule has 3 amide bonds. The smallest absolute Gasteiger partial charge is 0.322 e. The lowest BCUT2D eigenvalue weighted by Gasteiger charge is -2.31. The topological polar surface area (TPSA) is 130 Å². The summed E-state index contributed by atoms with van der Waals surface area (Å²) in [6, 6.07) is 4.09. The number of hydrogen-bond acceptors (Lipinski definition) is 6. The maximum Gasteiger partial charge on any atom is 0.322 e. The van der Waals surface area contributed by atoms with E-state index in [-0.39, 0.29) is 29.6 Å². The monoisotopic (exact) mass is 406 g/mol. The van der Waals surface area contributed by atoms with Crippen LogP contribution in [0, 0.1) is 10.1 Å². The van der Waals surface area contributed by atoms with Crippen molar-refractivity contribution in [1.29, 1.82) is 0 Å². The number of nitro benzene ring substituents is 1. The van der Waals surface area contributed by atoms with Gasteiger partial charge in [0, 0.05) is 25.2 Å². The van der Waals surface area contributed by atoms with Crippen LogP contribution in [0.4, 0.5) is 10.5 Å². The van der Waals surface area contributed by atoms with E-state index in [0.717, 1.165) is 0 Å². The number of nitrogens with one attached hydrogen (secondary N) is 1. The molecule has 1 aromatic carbocycles. The number of likely N-dealkylation sites (N-methyl/N-ethyl adjacent to an activating group) is 1. The minimum atomic E-state index is -3.18. The third kappa shape index (κ3) is 2.91. The number of non-ortho nitro benzene ring substituents is 1. The third-order valence-corrected chi connectivity index (χ3v) is 7.20. The summed E-state index contributed by atoms with van der Waals surface area (Å²) in [4.78, 5) is 38.9. The molecule has 3 aliphatic rings. The molecule has 0 spiro atoms. The molecular formula is C17H18N4O6S. The first-order valence-electron chi connectivity index (χ1n) is 8.71. The van der Waals surface area contributed by atoms with Crippen LogP contribution in [-0.4, -0.2) is 66.2 Å². The number of carbonyl (C=O) groups excluding carboxylic acids is 2. The number of hydrogen-bond donors (Lipinski definition) is 1. The van der Waals surface area contributed by atoms with Gasteiger partial charge in [-0.2, -0.15) is 0 Å². The molecule has 2 atom stereocenters. The Labute approximate surface area is 160 Å². The van der Waals surface area contributed by atoms with Crippen molar-refractivity contribution in [2.75, 3.05) is 25.1 Å². The van der Waals surface area contributed by atoms with Gasteiger partial charge in [-0.1, -0.05) is 12.1 Å². The number of carbonyl (C=O) groups is 2. The molecule has 10 nitrogen and oxygen atoms in total. The summed E-state index contributed by atoms with van der Waals surface area (Å²) in [6.07, 6.45) is 0.362. The van der Waals surface area contributed by atoms with Gasteiger partial charge in [-0.3, -0.25) is 19.8 Å². The lowest BCUT2D eigenvalue weighted by molar-refractivity contribution is -0.384. The largest absolute Gasteiger partial charge is 0.329 e. The van der Waals surface area contributed by atoms with Crippen LogP contribution < -0.4 is 5.32 Å². The van der Waals surface area contributed by atoms with E-state index in [2.05, 4.69) is 5.32 Å². The van der Waals surface area contributed by atoms with Crippen molar-refractivity contribution in [2.24, 2.45) is 0 Å². The lowest BCUT2D eigenvalue weighted by Crippen LogP contribution is -2.45. The Balaban J connectivity index is 1.72. The molecule has 1 aromatic rings. The van der Waals surface area contributed by atoms with Crippen molar-refractivity contribution in [2.45, 2.75) is 18.5 Å². The summed E-state index contributed by atoms with van der Waals surface area (Å²) < 4.78 is 23.7. The molecule has 1 N–H and O–H groups in total. The number of amides is 3. The molecule has 0 aromatic heterocycles. The first-order chi connectivity index (χ1) is 13.2. The van der Waals surface area contributed by atoms with Gasteiger partial charge in [0.15, 0.2) is 9.84 Å². The van der Waals surface area contributed by atoms with E-state index in [1.165, 1.54) is 35.0 Å². The summed E-state index contributed by atoms with van der Waals surface area (Å²) >= 11 is 0. The number of rotatable bonds is 3. The summed E-state index contributed by atoms with van der Waals surface area (Å²) in [5, 5.41) is 13.8. The van der Waals surface area contributed by atoms with E-state index >= 15 is 0 Å². The Kier molecular flexibility index (Phi) is 4.14. The second-order valence-corrected chi connectivity index (χ2v) is 9.37. The fraction of sp³-hybridized carbons (Fsp3) is 0.412. The quantitative estimate of drug-likeness (QED) is 0.577. The second kappa shape index (κ2) is 6.30. The molecule has 4 rings (SSSR count). The maximum atomic E-state index is 13.2. The molecule has 0 radical (unpaired) electrons. The summed E-state index contributed by atoms with van der Waals surface area (Å²) in [5.74, 6) is -0.403. The van der Waals surface area contributed by atoms with Crippen LogP contribution in [0.25, 0.3) is 0 Å². The van der Waals surface area contributed by atoms with E-state index < -0.39 is 32.9 Å². The van der Waals surface area contributed by atoms with Gasteiger partial charge in [0.25, 0.3) is 11.6 Å². The Morgan fingerprint density at radius 3 is 2.68 bits per heavy atom. The molecule has 3 heterocycles. The van der Waals surface area contributed by atoms with Crippen LogP contribution in [0.2, 0.25) is 0 Å². The van der Waals surface area contributed by atoms with E-state index in [1.807, 2.05) is 0 Å². The zero-order chi connectivity index (χ0) is 20.2. The van der Waals surface area contributed by atoms with Crippen molar-refractivity contribution in [3.63, 3.8) is 0 Å². The number of urea groups is 1. The molecule has 28 heavy (non-hydrogen) atoms. The molecule has 3 aliphatic heterocycles. The van der Waals surface area contributed by atoms with Crippen LogP contribution in [0.5, 0.6) is 0 Å². The average Bonchev–Trinajstić information content (AvgIpc) is 3.18. The highest BCUT2D eigenvalue weighted by Gasteiger charge is 2.46. The zero-order valence-corrected chi connectivity index (χ0v) is 15.8. The van der Waals surface area contributed by atoms with Crippen LogP contribution in [0.3, 0.4) is 0 Å². The standard InChI is InChI=1S/C17H18N4O6S/c1-19-13-8-20(12-5-6-28(26,27)9-12)16(22)14(13)15(18-17(19)23)10-3-2-4-11(7-10)21(24)25/h2-4,7,12,15H,5-6,8-9H2,1H3,(H,18,23)/t12-,15-/m1/s1. The van der Waals surface area contributed by atoms with E-state index in [1.54, 1.807) is 6.07 Å². The predicted molar refractivity (Wildman–Crippen MR) is 97.9 cm³/mol. The van der Waals surface area contributed by atoms with E-state index in [9.17, 15) is 28.1 Å². The molecule has 0 unspecified atom stereocenters. The van der Waals surface area contributed by atoms with E-state index in [4.69, 9.17) is 0 Å². The first kappa shape index (κ1) is 18.4. The average molecular weight is 406 g/mol. The highest BCUT2D eigenvalue weighted by Crippen LogP contribution is 2.38. The molecule has 0 bridgehead atoms. The molecule has 1 saturated heterocycles. The van der Waals surface area contributed by atoms with Gasteiger partial charge in [-0.05, 0) is 12.0 Å². The van der Waals surface area contributed by atoms with Gasteiger partial charge in [0.2, 0.25) is 0 Å². The third-order valence-electron chi connectivity index (χ3n) is 5.45. The highest BCUT2D eigenvalue weighted by molar-refractivity contribution is 7.91. The number of nitro groups is 1. The number of benzene rings is 1. The van der Waals surface area contributed by atoms with Gasteiger partial charge in [0.1, 0.15) is 0 Å². The van der Waals surface area contributed by atoms with Gasteiger partial charge >= 0.3 is 6.03 Å². The maximum absolute atomic E-state index is 13.2. The number of sulfone groups is 1. The van der Waals surface area contributed by atoms with E-state index in [0.29, 0.717) is 23.3 Å². The number of nitrogens with zero attached hydrogens (tertiary/aromatic N) is 3. The van der Waals surface area contributed by atoms with Crippen molar-refractivity contribution < 1.29 is 22.9 Å². The molecule has 148 valence electrons. The minimum absolute atomic E-state index is 0.0352. The summed E-state index contributed by atoms with van der Waals surface area (Å²) in [5.41, 5.74) is 1.11. The Morgan fingerprint density at radius 1 is 1.29 bits per heavy atom. The second-order valence-electron chi connectivity index (χ2n) is 7.14. The minimum Gasteiger partial charge on any atom is -0.329 e. The van der Waals surface area contributed by atoms with Crippen molar-refractivity contribution in [3.8, 4) is 0 Å². The van der Waals surface area contributed by atoms with Crippen LogP contribution in [0.1, 0.15) is 18.0 Å². The summed E-state index contributed by atoms with van der Waals surface area (Å²) in [7, 11) is -1.64. The molecule has 1 fully saturated rings. The summed E-state index contributed by atoms with van der Waals surface area (Å²) in [6.45, 7) is 0.143. The van der Waals surface area contributed by atoms with Crippen LogP contribution in [0.15, 0.2) is 35.5 Å². The zero-order valence-electron chi connectivity index (χ0n) is 15.0. The fourth-order valence-electron chi connectivity index (χ4n) is 3.97. The molecule has 0 aliphatic carbocycles. The first-order valence-corrected chi connectivity index (χ1v) is 10.5. The molecule has 11 heteroatoms. The van der Waals surface area contributed by atoms with Crippen LogP contribution in [-0.2, 0) is 14.6 Å². The van der Waals surface area contributed by atoms with Crippen molar-refractivity contribution >= 4 is 27.5 Å². The normalized spacial score (nSPS) is 26.5. The van der Waals surface area contributed by atoms with Crippen molar-refractivity contribution in [1.82, 2.24) is 15.1 Å². The van der Waals surface area contributed by atoms with Gasteiger partial charge in [-0.25, -0.2) is 13.2 Å². The van der Waals surface area contributed by atoms with Gasteiger partial charge < -0.3 is 10.2 Å². The van der Waals surface area contributed by atoms with Gasteiger partial charge in [-0.15, -0.1) is 0 Å². The SMILES string of the molecule is CN1C(=O)N[C@H](c2cccc([N+](=O)[O-])c2)C2=C1CN([C@@H]1CCS(=O)(=O)C1)C2=O.